The zero-order valence-electron chi connectivity index (χ0n) is 12.9. The first-order valence-corrected chi connectivity index (χ1v) is 7.23. The average molecular weight is 337 g/mol. The van der Waals surface area contributed by atoms with Crippen molar-refractivity contribution in [2.45, 2.75) is 26.4 Å². The van der Waals surface area contributed by atoms with Gasteiger partial charge in [0.2, 0.25) is 0 Å². The van der Waals surface area contributed by atoms with E-state index in [0.29, 0.717) is 9.75 Å². The highest BCUT2D eigenvalue weighted by atomic mass is 35.5. The van der Waals surface area contributed by atoms with E-state index in [1.54, 1.807) is 20.8 Å². The standard InChI is InChI=1S/C16H17ClN2O4/c1-16(2,3)23-18-14(11-9-10(17)6-7-12(11)20)15-13(21)5-4-8-19(15)22/h4-9,20-21H,1-3H3. The van der Waals surface area contributed by atoms with Crippen LogP contribution in [0.1, 0.15) is 32.0 Å². The molecule has 0 radical (unpaired) electrons. The molecule has 0 aliphatic rings. The second-order valence-electron chi connectivity index (χ2n) is 5.87. The molecular weight excluding hydrogens is 320 g/mol. The van der Waals surface area contributed by atoms with Crippen LogP contribution in [0.25, 0.3) is 0 Å². The number of phenols is 1. The topological polar surface area (TPSA) is 89.0 Å². The van der Waals surface area contributed by atoms with Crippen LogP contribution in [0.2, 0.25) is 5.02 Å². The molecule has 0 spiro atoms. The molecule has 1 heterocycles. The number of aromatic nitrogens is 1. The third-order valence-electron chi connectivity index (χ3n) is 2.79. The molecule has 2 rings (SSSR count). The Kier molecular flexibility index (Phi) is 4.65. The Balaban J connectivity index is 2.68. The van der Waals surface area contributed by atoms with E-state index in [1.807, 2.05) is 0 Å². The van der Waals surface area contributed by atoms with E-state index >= 15 is 0 Å². The fourth-order valence-corrected chi connectivity index (χ4v) is 1.98. The lowest BCUT2D eigenvalue weighted by Gasteiger charge is -2.17. The zero-order valence-corrected chi connectivity index (χ0v) is 13.7. The molecule has 7 heteroatoms. The highest BCUT2D eigenvalue weighted by Crippen LogP contribution is 2.27. The normalized spacial score (nSPS) is 12.3. The summed E-state index contributed by atoms with van der Waals surface area (Å²) >= 11 is 5.96. The Hall–Kier alpha value is -2.47. The van der Waals surface area contributed by atoms with Gasteiger partial charge in [-0.1, -0.05) is 16.8 Å². The van der Waals surface area contributed by atoms with E-state index in [-0.39, 0.29) is 28.5 Å². The first-order chi connectivity index (χ1) is 10.7. The van der Waals surface area contributed by atoms with Gasteiger partial charge in [0.1, 0.15) is 11.4 Å². The molecule has 1 aromatic carbocycles. The quantitative estimate of drug-likeness (QED) is 0.390. The third kappa shape index (κ3) is 4.04. The summed E-state index contributed by atoms with van der Waals surface area (Å²) in [6.07, 6.45) is 1.21. The summed E-state index contributed by atoms with van der Waals surface area (Å²) in [6, 6.07) is 7.05. The molecule has 0 bridgehead atoms. The van der Waals surface area contributed by atoms with Gasteiger partial charge < -0.3 is 20.3 Å². The van der Waals surface area contributed by atoms with Gasteiger partial charge in [-0.05, 0) is 45.0 Å². The highest BCUT2D eigenvalue weighted by Gasteiger charge is 2.26. The van der Waals surface area contributed by atoms with Crippen molar-refractivity contribution in [3.63, 3.8) is 0 Å². The van der Waals surface area contributed by atoms with Crippen molar-refractivity contribution in [2.24, 2.45) is 5.16 Å². The second-order valence-corrected chi connectivity index (χ2v) is 6.31. The van der Waals surface area contributed by atoms with E-state index in [4.69, 9.17) is 16.4 Å². The number of nitrogens with zero attached hydrogens (tertiary/aromatic N) is 2. The summed E-state index contributed by atoms with van der Waals surface area (Å²) < 4.78 is 0.445. The average Bonchev–Trinajstić information content (AvgIpc) is 2.44. The maximum Gasteiger partial charge on any atom is 0.288 e. The number of oxime groups is 1. The predicted molar refractivity (Wildman–Crippen MR) is 86.7 cm³/mol. The number of hydrogen-bond acceptors (Lipinski definition) is 5. The number of hydrogen-bond donors (Lipinski definition) is 2. The fourth-order valence-electron chi connectivity index (χ4n) is 1.80. The molecule has 0 amide bonds. The summed E-state index contributed by atoms with van der Waals surface area (Å²) in [5, 5.41) is 36.5. The Labute approximate surface area is 138 Å². The summed E-state index contributed by atoms with van der Waals surface area (Å²) in [7, 11) is 0. The molecule has 0 saturated carbocycles. The molecular formula is C16H17ClN2O4. The number of phenolic OH excluding ortho intramolecular Hbond substituents is 1. The molecule has 23 heavy (non-hydrogen) atoms. The van der Waals surface area contributed by atoms with E-state index in [2.05, 4.69) is 5.16 Å². The summed E-state index contributed by atoms with van der Waals surface area (Å²) in [4.78, 5) is 5.38. The number of halogens is 1. The first-order valence-electron chi connectivity index (χ1n) is 6.85. The molecule has 0 unspecified atom stereocenters. The Bertz CT molecular complexity index is 734. The smallest absolute Gasteiger partial charge is 0.288 e. The highest BCUT2D eigenvalue weighted by molar-refractivity contribution is 6.31. The van der Waals surface area contributed by atoms with Gasteiger partial charge >= 0.3 is 0 Å². The van der Waals surface area contributed by atoms with Gasteiger partial charge in [-0.15, -0.1) is 0 Å². The van der Waals surface area contributed by atoms with E-state index < -0.39 is 5.60 Å². The van der Waals surface area contributed by atoms with Crippen molar-refractivity contribution in [1.29, 1.82) is 0 Å². The molecule has 0 atom stereocenters. The number of benzene rings is 1. The molecule has 2 N–H and O–H groups in total. The molecule has 0 fully saturated rings. The zero-order chi connectivity index (χ0) is 17.2. The van der Waals surface area contributed by atoms with Gasteiger partial charge in [-0.25, -0.2) is 0 Å². The first kappa shape index (κ1) is 16.9. The lowest BCUT2D eigenvalue weighted by molar-refractivity contribution is -0.607. The van der Waals surface area contributed by atoms with Gasteiger partial charge in [-0.3, -0.25) is 0 Å². The lowest BCUT2D eigenvalue weighted by Crippen LogP contribution is -2.35. The summed E-state index contributed by atoms with van der Waals surface area (Å²) in [5.74, 6) is -0.438. The molecule has 0 aliphatic carbocycles. The van der Waals surface area contributed by atoms with Crippen LogP contribution in [-0.2, 0) is 4.84 Å². The fraction of sp³-hybridized carbons (Fsp3) is 0.250. The van der Waals surface area contributed by atoms with Crippen molar-refractivity contribution >= 4 is 17.3 Å². The van der Waals surface area contributed by atoms with Gasteiger partial charge in [0.25, 0.3) is 5.69 Å². The molecule has 122 valence electrons. The number of pyridine rings is 1. The van der Waals surface area contributed by atoms with Crippen molar-refractivity contribution in [3.05, 3.63) is 58.0 Å². The minimum Gasteiger partial charge on any atom is -0.618 e. The van der Waals surface area contributed by atoms with Crippen LogP contribution in [-0.4, -0.2) is 21.5 Å². The Morgan fingerprint density at radius 3 is 2.52 bits per heavy atom. The summed E-state index contributed by atoms with van der Waals surface area (Å²) in [6.45, 7) is 5.34. The molecule has 1 aromatic heterocycles. The SMILES string of the molecule is CC(C)(C)ON=C(c1cc(Cl)ccc1O)c1c(O)ccc[n+]1[O-]. The number of aromatic hydroxyl groups is 2. The minimum absolute atomic E-state index is 0.0203. The predicted octanol–water partition coefficient (Wildman–Crippen LogP) is 2.95. The monoisotopic (exact) mass is 336 g/mol. The van der Waals surface area contributed by atoms with E-state index in [1.165, 1.54) is 36.5 Å². The third-order valence-corrected chi connectivity index (χ3v) is 3.02. The Morgan fingerprint density at radius 1 is 1.22 bits per heavy atom. The van der Waals surface area contributed by atoms with Crippen molar-refractivity contribution in [2.75, 3.05) is 0 Å². The largest absolute Gasteiger partial charge is 0.618 e. The summed E-state index contributed by atoms with van der Waals surface area (Å²) in [5.41, 5.74) is -0.618. The van der Waals surface area contributed by atoms with Crippen molar-refractivity contribution in [3.8, 4) is 11.5 Å². The van der Waals surface area contributed by atoms with Crippen LogP contribution >= 0.6 is 11.6 Å². The maximum atomic E-state index is 12.1. The van der Waals surface area contributed by atoms with E-state index in [9.17, 15) is 15.4 Å². The van der Waals surface area contributed by atoms with Crippen LogP contribution in [0.5, 0.6) is 11.5 Å². The van der Waals surface area contributed by atoms with Gasteiger partial charge in [0, 0.05) is 11.1 Å². The van der Waals surface area contributed by atoms with E-state index in [0.717, 1.165) is 0 Å². The lowest BCUT2D eigenvalue weighted by atomic mass is 10.0. The molecule has 6 nitrogen and oxygen atoms in total. The van der Waals surface area contributed by atoms with Crippen LogP contribution in [0, 0.1) is 5.21 Å². The maximum absolute atomic E-state index is 12.1. The van der Waals surface area contributed by atoms with Crippen molar-refractivity contribution < 1.29 is 19.8 Å². The van der Waals surface area contributed by atoms with Gasteiger partial charge in [-0.2, -0.15) is 4.73 Å². The van der Waals surface area contributed by atoms with Crippen LogP contribution < -0.4 is 4.73 Å². The van der Waals surface area contributed by atoms with Gasteiger partial charge in [0.05, 0.1) is 5.56 Å². The van der Waals surface area contributed by atoms with Crippen LogP contribution in [0.3, 0.4) is 0 Å². The molecule has 0 saturated heterocycles. The molecule has 2 aromatic rings. The molecule has 0 aliphatic heterocycles. The van der Waals surface area contributed by atoms with Gasteiger partial charge in [0.15, 0.2) is 17.7 Å². The van der Waals surface area contributed by atoms with Crippen LogP contribution in [0.4, 0.5) is 0 Å². The second kappa shape index (κ2) is 6.34. The van der Waals surface area contributed by atoms with Crippen LogP contribution in [0.15, 0.2) is 41.7 Å². The van der Waals surface area contributed by atoms with Crippen molar-refractivity contribution in [1.82, 2.24) is 0 Å². The minimum atomic E-state index is -0.627. The Morgan fingerprint density at radius 2 is 1.91 bits per heavy atom. The number of rotatable bonds is 3.